The molecule has 0 unspecified atom stereocenters. The summed E-state index contributed by atoms with van der Waals surface area (Å²) in [5.74, 6) is 0.970. The highest BCUT2D eigenvalue weighted by Gasteiger charge is 2.33. The lowest BCUT2D eigenvalue weighted by molar-refractivity contribution is 0.147. The first-order valence-corrected chi connectivity index (χ1v) is 14.7. The van der Waals surface area contributed by atoms with Crippen LogP contribution in [0.3, 0.4) is 0 Å². The van der Waals surface area contributed by atoms with Crippen molar-refractivity contribution in [3.05, 3.63) is 77.8 Å². The van der Waals surface area contributed by atoms with Crippen LogP contribution < -0.4 is 20.1 Å². The Hall–Kier alpha value is -5.31. The van der Waals surface area contributed by atoms with Gasteiger partial charge in [0, 0.05) is 54.4 Å². The Kier molecular flexibility index (Phi) is 9.19. The van der Waals surface area contributed by atoms with Gasteiger partial charge in [-0.3, -0.25) is 4.68 Å². The molecule has 6 rings (SSSR count). The fourth-order valence-corrected chi connectivity index (χ4v) is 4.96. The van der Waals surface area contributed by atoms with Gasteiger partial charge in [0.1, 0.15) is 54.0 Å². The van der Waals surface area contributed by atoms with Crippen LogP contribution in [0, 0.1) is 18.6 Å². The molecule has 1 aliphatic rings. The molecule has 4 aromatic heterocycles. The fourth-order valence-electron chi connectivity index (χ4n) is 4.96. The number of aromatic nitrogens is 8. The smallest absolute Gasteiger partial charge is 0.205 e. The molecule has 0 atom stereocenters. The number of anilines is 4. The van der Waals surface area contributed by atoms with Crippen LogP contribution in [0.4, 0.5) is 32.1 Å². The predicted molar refractivity (Wildman–Crippen MR) is 165 cm³/mol. The summed E-state index contributed by atoms with van der Waals surface area (Å²) in [6, 6.07) is 5.75. The number of hydrogen-bond donors (Lipinski definition) is 2. The molecule has 0 spiro atoms. The van der Waals surface area contributed by atoms with E-state index in [-0.39, 0.29) is 42.0 Å². The monoisotopic (exact) mass is 630 g/mol. The average Bonchev–Trinajstić information content (AvgIpc) is 3.83. The number of benzene rings is 1. The van der Waals surface area contributed by atoms with Crippen LogP contribution in [0.25, 0.3) is 11.5 Å². The minimum Gasteiger partial charge on any atom is -0.494 e. The van der Waals surface area contributed by atoms with E-state index in [4.69, 9.17) is 29.3 Å². The zero-order chi connectivity index (χ0) is 32.0. The van der Waals surface area contributed by atoms with Gasteiger partial charge in [0.05, 0.1) is 19.8 Å². The summed E-state index contributed by atoms with van der Waals surface area (Å²) in [5.41, 5.74) is 2.03. The molecule has 46 heavy (non-hydrogen) atoms. The van der Waals surface area contributed by atoms with Crippen molar-refractivity contribution in [1.82, 2.24) is 39.7 Å². The second kappa shape index (κ2) is 13.8. The molecule has 1 aliphatic carbocycles. The second-order valence-corrected chi connectivity index (χ2v) is 10.4. The number of rotatable bonds is 14. The van der Waals surface area contributed by atoms with Crippen molar-refractivity contribution in [1.29, 1.82) is 0 Å². The van der Waals surface area contributed by atoms with Gasteiger partial charge in [0.15, 0.2) is 17.5 Å². The lowest BCUT2D eigenvalue weighted by atomic mass is 10.1. The van der Waals surface area contributed by atoms with E-state index in [9.17, 15) is 0 Å². The van der Waals surface area contributed by atoms with Crippen molar-refractivity contribution >= 4 is 23.3 Å². The summed E-state index contributed by atoms with van der Waals surface area (Å²) in [6.07, 6.45) is 7.88. The van der Waals surface area contributed by atoms with E-state index in [1.54, 1.807) is 43.2 Å². The van der Waals surface area contributed by atoms with E-state index in [2.05, 4.69) is 30.6 Å². The molecule has 1 fully saturated rings. The molecular weight excluding hydrogens is 598 g/mol. The fraction of sp³-hybridized carbons (Fsp3) is 0.323. The van der Waals surface area contributed by atoms with Gasteiger partial charge in [-0.2, -0.15) is 5.10 Å². The molecule has 4 heterocycles. The minimum absolute atomic E-state index is 0.112. The number of hydrogen-bond acceptors (Lipinski definition) is 12. The van der Waals surface area contributed by atoms with Gasteiger partial charge in [-0.05, 0) is 38.8 Å². The summed E-state index contributed by atoms with van der Waals surface area (Å²) < 4.78 is 48.5. The van der Waals surface area contributed by atoms with E-state index in [0.717, 1.165) is 24.1 Å². The van der Waals surface area contributed by atoms with Gasteiger partial charge >= 0.3 is 0 Å². The predicted octanol–water partition coefficient (Wildman–Crippen LogP) is 5.34. The van der Waals surface area contributed by atoms with Crippen molar-refractivity contribution in [3.8, 4) is 23.0 Å². The molecular formula is C31H32F2N10O3. The Morgan fingerprint density at radius 2 is 1.54 bits per heavy atom. The van der Waals surface area contributed by atoms with Crippen molar-refractivity contribution in [3.63, 3.8) is 0 Å². The Morgan fingerprint density at radius 1 is 0.913 bits per heavy atom. The summed E-state index contributed by atoms with van der Waals surface area (Å²) in [4.78, 5) is 26.2. The van der Waals surface area contributed by atoms with Gasteiger partial charge in [0.25, 0.3) is 0 Å². The summed E-state index contributed by atoms with van der Waals surface area (Å²) in [6.45, 7) is 4.36. The van der Waals surface area contributed by atoms with Gasteiger partial charge < -0.3 is 24.8 Å². The zero-order valence-electron chi connectivity index (χ0n) is 25.5. The molecule has 238 valence electrons. The molecule has 0 bridgehead atoms. The molecule has 0 saturated heterocycles. The van der Waals surface area contributed by atoms with Crippen LogP contribution in [0.2, 0.25) is 0 Å². The number of halogens is 2. The molecule has 1 aromatic carbocycles. The molecule has 15 heteroatoms. The average molecular weight is 631 g/mol. The summed E-state index contributed by atoms with van der Waals surface area (Å²) >= 11 is 0. The maximum Gasteiger partial charge on any atom is 0.205 e. The van der Waals surface area contributed by atoms with E-state index >= 15 is 8.78 Å². The summed E-state index contributed by atoms with van der Waals surface area (Å²) in [5, 5.41) is 11.2. The van der Waals surface area contributed by atoms with E-state index in [1.807, 2.05) is 6.92 Å². The second-order valence-electron chi connectivity index (χ2n) is 10.4. The Labute approximate surface area is 263 Å². The van der Waals surface area contributed by atoms with Crippen LogP contribution in [0.5, 0.6) is 11.5 Å². The van der Waals surface area contributed by atoms with Crippen molar-refractivity contribution in [2.45, 2.75) is 39.2 Å². The lowest BCUT2D eigenvalue weighted by Crippen LogP contribution is -2.12. The van der Waals surface area contributed by atoms with Crippen molar-refractivity contribution in [2.24, 2.45) is 0 Å². The topological polar surface area (TPSA) is 147 Å². The molecule has 13 nitrogen and oxygen atoms in total. The third kappa shape index (κ3) is 6.83. The zero-order valence-corrected chi connectivity index (χ0v) is 25.5. The van der Waals surface area contributed by atoms with E-state index < -0.39 is 11.6 Å². The molecule has 0 aliphatic heterocycles. The van der Waals surface area contributed by atoms with Crippen molar-refractivity contribution in [2.75, 3.05) is 37.6 Å². The van der Waals surface area contributed by atoms with Gasteiger partial charge in [-0.15, -0.1) is 0 Å². The standard InChI is InChI=1S/C31H32F2N10O3/c1-4-45-20-13-22(32)21(23(33)14-20)15-43-27(19-5-6-19)18(2)26(42-43)29-40-30(38-24-7-9-34-16-36-24)28(46-12-11-44-3)31(41-29)39-25-8-10-35-17-37-25/h7-10,13-14,16-17,19H,4-6,11-12,15H2,1-3H3,(H2,34,35,36,37,38,39,40,41). The summed E-state index contributed by atoms with van der Waals surface area (Å²) in [7, 11) is 1.57. The van der Waals surface area contributed by atoms with Crippen LogP contribution in [-0.4, -0.2) is 66.6 Å². The lowest BCUT2D eigenvalue weighted by Gasteiger charge is -2.17. The third-order valence-electron chi connectivity index (χ3n) is 7.20. The molecule has 5 aromatic rings. The first-order chi connectivity index (χ1) is 22.4. The first kappa shape index (κ1) is 30.7. The van der Waals surface area contributed by atoms with Gasteiger partial charge in [0.2, 0.25) is 5.75 Å². The Balaban J connectivity index is 1.46. The normalized spacial score (nSPS) is 12.6. The quantitative estimate of drug-likeness (QED) is 0.153. The van der Waals surface area contributed by atoms with Crippen molar-refractivity contribution < 1.29 is 23.0 Å². The molecule has 0 amide bonds. The highest BCUT2D eigenvalue weighted by molar-refractivity contribution is 5.75. The Morgan fingerprint density at radius 3 is 2.07 bits per heavy atom. The maximum absolute atomic E-state index is 15.1. The highest BCUT2D eigenvalue weighted by atomic mass is 19.1. The largest absolute Gasteiger partial charge is 0.494 e. The SMILES string of the molecule is CCOc1cc(F)c(Cn2nc(-c3nc(Nc4ccncn4)c(OCCOC)c(Nc4ccncn4)n3)c(C)c2C2CC2)c(F)c1. The number of nitrogens with zero attached hydrogens (tertiary/aromatic N) is 8. The highest BCUT2D eigenvalue weighted by Crippen LogP contribution is 2.44. The van der Waals surface area contributed by atoms with E-state index in [1.165, 1.54) is 24.8 Å². The Bertz CT molecular complexity index is 1720. The van der Waals surface area contributed by atoms with Gasteiger partial charge in [-0.1, -0.05) is 0 Å². The maximum atomic E-state index is 15.1. The van der Waals surface area contributed by atoms with E-state index in [0.29, 0.717) is 42.2 Å². The third-order valence-corrected chi connectivity index (χ3v) is 7.20. The van der Waals surface area contributed by atoms with Crippen LogP contribution in [0.1, 0.15) is 42.5 Å². The number of ether oxygens (including phenoxy) is 3. The molecule has 2 N–H and O–H groups in total. The first-order valence-electron chi connectivity index (χ1n) is 14.7. The minimum atomic E-state index is -0.707. The van der Waals surface area contributed by atoms with Crippen LogP contribution >= 0.6 is 0 Å². The number of methoxy groups -OCH3 is 1. The molecule has 0 radical (unpaired) electrons. The van der Waals surface area contributed by atoms with Gasteiger partial charge in [-0.25, -0.2) is 38.7 Å². The number of nitrogens with one attached hydrogen (secondary N) is 2. The van der Waals surface area contributed by atoms with Crippen LogP contribution in [-0.2, 0) is 11.3 Å². The molecule has 1 saturated carbocycles. The van der Waals surface area contributed by atoms with Crippen LogP contribution in [0.15, 0.2) is 49.3 Å².